The van der Waals surface area contributed by atoms with Crippen LogP contribution in [0.3, 0.4) is 0 Å². The maximum atomic E-state index is 4.33. The van der Waals surface area contributed by atoms with Gasteiger partial charge in [0, 0.05) is 15.5 Å². The van der Waals surface area contributed by atoms with Crippen molar-refractivity contribution >= 4 is 66.9 Å². The minimum Gasteiger partial charge on any atom is -0.300 e. The lowest BCUT2D eigenvalue weighted by atomic mass is 11.7. The van der Waals surface area contributed by atoms with E-state index in [0.29, 0.717) is 0 Å². The Morgan fingerprint density at radius 3 is 1.30 bits per heavy atom. The smallest absolute Gasteiger partial charge is 0.300 e. The van der Waals surface area contributed by atoms with Crippen molar-refractivity contribution in [3.63, 3.8) is 0 Å². The van der Waals surface area contributed by atoms with Crippen molar-refractivity contribution in [2.45, 2.75) is 0 Å². The molecule has 0 rings (SSSR count). The highest BCUT2D eigenvalue weighted by atomic mass is 32.1. The van der Waals surface area contributed by atoms with Gasteiger partial charge in [-0.3, -0.25) is 11.9 Å². The summed E-state index contributed by atoms with van der Waals surface area (Å²) in [7, 11) is 0. The van der Waals surface area contributed by atoms with Gasteiger partial charge in [0.2, 0.25) is 0 Å². The van der Waals surface area contributed by atoms with Crippen molar-refractivity contribution < 1.29 is 0 Å². The second-order valence-corrected chi connectivity index (χ2v) is 3.02. The number of isothiocyanates is 3. The summed E-state index contributed by atoms with van der Waals surface area (Å²) in [4.78, 5) is 0. The zero-order valence-corrected chi connectivity index (χ0v) is 8.25. The van der Waals surface area contributed by atoms with Crippen LogP contribution in [0.1, 0.15) is 0 Å². The molecule has 0 saturated heterocycles. The summed E-state index contributed by atoms with van der Waals surface area (Å²) in [5.74, 6) is 0. The van der Waals surface area contributed by atoms with E-state index in [2.05, 4.69) is 64.1 Å². The van der Waals surface area contributed by atoms with Crippen LogP contribution in [0.15, 0.2) is 11.9 Å². The van der Waals surface area contributed by atoms with Crippen LogP contribution in [0.5, 0.6) is 0 Å². The van der Waals surface area contributed by atoms with Gasteiger partial charge >= 0.3 is 14.8 Å². The first-order valence-electron chi connectivity index (χ1n) is 2.06. The molecule has 0 N–H and O–H groups in total. The van der Waals surface area contributed by atoms with Crippen molar-refractivity contribution in [2.75, 3.05) is 0 Å². The Labute approximate surface area is 78.6 Å². The van der Waals surface area contributed by atoms with Crippen molar-refractivity contribution in [3.05, 3.63) is 0 Å². The standard InChI is InChI=1S/3CNS.Al/c3*2-1-3;/q3*-1;+3. The van der Waals surface area contributed by atoms with Crippen LogP contribution in [-0.4, -0.2) is 30.3 Å². The van der Waals surface area contributed by atoms with Gasteiger partial charge in [0.25, 0.3) is 0 Å². The van der Waals surface area contributed by atoms with E-state index in [9.17, 15) is 0 Å². The molecular weight excluding hydrogens is 201 g/mol. The quantitative estimate of drug-likeness (QED) is 0.392. The van der Waals surface area contributed by atoms with Gasteiger partial charge in [-0.2, -0.15) is 0 Å². The maximum absolute atomic E-state index is 4.33. The number of hydrogen-bond donors (Lipinski definition) is 0. The number of hydrogen-bond acceptors (Lipinski definition) is 6. The molecule has 0 aliphatic rings. The van der Waals surface area contributed by atoms with Crippen LogP contribution in [0, 0.1) is 0 Å². The molecule has 3 nitrogen and oxygen atoms in total. The molecule has 10 heavy (non-hydrogen) atoms. The zero-order chi connectivity index (χ0) is 7.82. The highest BCUT2D eigenvalue weighted by molar-refractivity contribution is 7.78. The summed E-state index contributed by atoms with van der Waals surface area (Å²) in [5, 5.41) is 6.44. The predicted octanol–water partition coefficient (Wildman–Crippen LogP) is 1.28. The Balaban J connectivity index is 4.39. The van der Waals surface area contributed by atoms with Crippen LogP contribution in [0.2, 0.25) is 0 Å². The van der Waals surface area contributed by atoms with Crippen molar-refractivity contribution in [2.24, 2.45) is 11.9 Å². The molecule has 0 aliphatic carbocycles. The summed E-state index contributed by atoms with van der Waals surface area (Å²) in [5.41, 5.74) is 0. The van der Waals surface area contributed by atoms with Crippen LogP contribution < -0.4 is 0 Å². The molecule has 0 atom stereocenters. The highest BCUT2D eigenvalue weighted by Crippen LogP contribution is 1.84. The summed E-state index contributed by atoms with van der Waals surface area (Å²) in [6.45, 7) is 0. The first-order chi connectivity index (χ1) is 4.85. The largest absolute Gasteiger partial charge is 0.825 e. The molecule has 7 heteroatoms. The molecule has 0 aromatic heterocycles. The van der Waals surface area contributed by atoms with E-state index >= 15 is 0 Å². The molecule has 0 bridgehead atoms. The van der Waals surface area contributed by atoms with Crippen molar-refractivity contribution in [1.29, 1.82) is 0 Å². The second-order valence-electron chi connectivity index (χ2n) is 1.01. The van der Waals surface area contributed by atoms with Crippen molar-refractivity contribution in [3.8, 4) is 0 Å². The molecule has 0 aromatic carbocycles. The minimum absolute atomic E-state index is 2.00. The topological polar surface area (TPSA) is 37.1 Å². The Morgan fingerprint density at radius 2 is 1.10 bits per heavy atom. The summed E-state index contributed by atoms with van der Waals surface area (Å²) in [6, 6.07) is 0. The minimum atomic E-state index is -2.00. The Hall–Kier alpha value is -0.0675. The SMILES string of the molecule is S=C=[N][Al]([N]=C=S)[N]=C=S. The summed E-state index contributed by atoms with van der Waals surface area (Å²) < 4.78 is 10.8. The van der Waals surface area contributed by atoms with Gasteiger partial charge < -0.3 is 0 Å². The molecule has 0 fully saturated rings. The van der Waals surface area contributed by atoms with Crippen molar-refractivity contribution in [1.82, 2.24) is 0 Å². The van der Waals surface area contributed by atoms with Gasteiger partial charge in [-0.05, 0) is 36.7 Å². The molecule has 0 spiro atoms. The fraction of sp³-hybridized carbons (Fsp3) is 0. The third-order valence-electron chi connectivity index (χ3n) is 0.505. The molecule has 0 radical (unpaired) electrons. The molecular formula is C3AlN3S3. The number of nitrogens with zero attached hydrogens (tertiary/aromatic N) is 3. The van der Waals surface area contributed by atoms with Gasteiger partial charge in [0.15, 0.2) is 0 Å². The molecule has 0 heterocycles. The molecule has 0 aromatic rings. The van der Waals surface area contributed by atoms with Gasteiger partial charge in [0.1, 0.15) is 0 Å². The predicted molar refractivity (Wildman–Crippen MR) is 50.8 cm³/mol. The van der Waals surface area contributed by atoms with E-state index in [0.717, 1.165) is 0 Å². The molecule has 0 amide bonds. The van der Waals surface area contributed by atoms with Gasteiger partial charge in [0.05, 0.1) is 0 Å². The third-order valence-corrected chi connectivity index (χ3v) is 2.46. The average molecular weight is 201 g/mol. The fourth-order valence-corrected chi connectivity index (χ4v) is 1.53. The van der Waals surface area contributed by atoms with E-state index in [1.165, 1.54) is 0 Å². The van der Waals surface area contributed by atoms with Gasteiger partial charge in [-0.15, -0.1) is 0 Å². The Morgan fingerprint density at radius 1 is 0.800 bits per heavy atom. The lowest BCUT2D eigenvalue weighted by Crippen LogP contribution is -2.00. The lowest BCUT2D eigenvalue weighted by Gasteiger charge is -1.78. The monoisotopic (exact) mass is 201 g/mol. The Bertz CT molecular complexity index is 203. The first-order valence-corrected chi connectivity index (χ1v) is 4.83. The summed E-state index contributed by atoms with van der Waals surface area (Å²) in [6.07, 6.45) is 0. The average Bonchev–Trinajstić information content (AvgIpc) is 1.90. The third kappa shape index (κ3) is 4.78. The molecule has 0 aliphatic heterocycles. The van der Waals surface area contributed by atoms with E-state index in [1.54, 1.807) is 0 Å². The molecule has 0 saturated carbocycles. The normalized spacial score (nSPS) is 6.00. The summed E-state index contributed by atoms with van der Waals surface area (Å²) >= 11 is 11.0. The van der Waals surface area contributed by atoms with E-state index in [-0.39, 0.29) is 0 Å². The zero-order valence-electron chi connectivity index (χ0n) is 4.64. The highest BCUT2D eigenvalue weighted by Gasteiger charge is 2.18. The number of rotatable bonds is 3. The van der Waals surface area contributed by atoms with Crippen LogP contribution >= 0.6 is 36.7 Å². The van der Waals surface area contributed by atoms with Crippen LogP contribution in [-0.2, 0) is 0 Å². The Kier molecular flexibility index (Phi) is 7.00. The van der Waals surface area contributed by atoms with E-state index in [1.807, 2.05) is 0 Å². The van der Waals surface area contributed by atoms with E-state index < -0.39 is 14.8 Å². The lowest BCUT2D eigenvalue weighted by molar-refractivity contribution is 1.56. The fourth-order valence-electron chi connectivity index (χ4n) is 0.228. The molecule has 48 valence electrons. The maximum Gasteiger partial charge on any atom is 0.825 e. The molecule has 0 unspecified atom stereocenters. The van der Waals surface area contributed by atoms with Crippen LogP contribution in [0.4, 0.5) is 0 Å². The van der Waals surface area contributed by atoms with Gasteiger partial charge in [-0.25, -0.2) is 0 Å². The first kappa shape index (κ1) is 9.93. The number of thiocarbonyl (C=S) groups is 3. The van der Waals surface area contributed by atoms with E-state index in [4.69, 9.17) is 0 Å². The van der Waals surface area contributed by atoms with Crippen LogP contribution in [0.25, 0.3) is 0 Å². The second kappa shape index (κ2) is 7.04. The van der Waals surface area contributed by atoms with Gasteiger partial charge in [-0.1, -0.05) is 0 Å².